The second-order valence-electron chi connectivity index (χ2n) is 4.13. The van der Waals surface area contributed by atoms with E-state index >= 15 is 0 Å². The highest BCUT2D eigenvalue weighted by Gasteiger charge is 2.09. The lowest BCUT2D eigenvalue weighted by atomic mass is 10.2. The second-order valence-corrected chi connectivity index (χ2v) is 4.13. The number of aliphatic hydroxyl groups is 1. The van der Waals surface area contributed by atoms with Crippen molar-refractivity contribution >= 4 is 17.4 Å². The van der Waals surface area contributed by atoms with Gasteiger partial charge in [-0.3, -0.25) is 9.78 Å². The van der Waals surface area contributed by atoms with E-state index in [-0.39, 0.29) is 18.2 Å². The predicted molar refractivity (Wildman–Crippen MR) is 76.5 cm³/mol. The fourth-order valence-corrected chi connectivity index (χ4v) is 1.63. The molecular formula is C14H16N4O2. The van der Waals surface area contributed by atoms with E-state index in [4.69, 9.17) is 5.11 Å². The SMILES string of the molecule is CCNc1cncc(C(=O)Nc2ccc(CO)cc2)n1. The lowest BCUT2D eigenvalue weighted by Crippen LogP contribution is -2.15. The number of anilines is 2. The third kappa shape index (κ3) is 3.52. The molecule has 0 aliphatic rings. The van der Waals surface area contributed by atoms with Gasteiger partial charge in [-0.15, -0.1) is 0 Å². The summed E-state index contributed by atoms with van der Waals surface area (Å²) in [5, 5.41) is 14.7. The number of aliphatic hydroxyl groups excluding tert-OH is 1. The van der Waals surface area contributed by atoms with Crippen LogP contribution < -0.4 is 10.6 Å². The molecule has 0 saturated carbocycles. The zero-order valence-electron chi connectivity index (χ0n) is 11.1. The molecule has 20 heavy (non-hydrogen) atoms. The Labute approximate surface area is 116 Å². The molecule has 0 aliphatic carbocycles. The van der Waals surface area contributed by atoms with Crippen LogP contribution in [0.1, 0.15) is 23.0 Å². The first-order valence-electron chi connectivity index (χ1n) is 6.30. The van der Waals surface area contributed by atoms with Crippen molar-refractivity contribution < 1.29 is 9.90 Å². The second kappa shape index (κ2) is 6.63. The van der Waals surface area contributed by atoms with Crippen LogP contribution in [0.4, 0.5) is 11.5 Å². The molecule has 0 unspecified atom stereocenters. The molecule has 0 spiro atoms. The summed E-state index contributed by atoms with van der Waals surface area (Å²) >= 11 is 0. The Morgan fingerprint density at radius 1 is 1.25 bits per heavy atom. The maximum absolute atomic E-state index is 12.0. The van der Waals surface area contributed by atoms with E-state index in [0.29, 0.717) is 18.1 Å². The highest BCUT2D eigenvalue weighted by atomic mass is 16.3. The van der Waals surface area contributed by atoms with Gasteiger partial charge in [0.15, 0.2) is 0 Å². The van der Waals surface area contributed by atoms with E-state index in [2.05, 4.69) is 20.6 Å². The predicted octanol–water partition coefficient (Wildman–Crippen LogP) is 1.65. The smallest absolute Gasteiger partial charge is 0.275 e. The monoisotopic (exact) mass is 272 g/mol. The Morgan fingerprint density at radius 3 is 2.65 bits per heavy atom. The number of nitrogens with zero attached hydrogens (tertiary/aromatic N) is 2. The van der Waals surface area contributed by atoms with E-state index in [9.17, 15) is 4.79 Å². The summed E-state index contributed by atoms with van der Waals surface area (Å²) in [5.74, 6) is 0.241. The van der Waals surface area contributed by atoms with Gasteiger partial charge in [-0.2, -0.15) is 0 Å². The van der Waals surface area contributed by atoms with Crippen molar-refractivity contribution in [1.82, 2.24) is 9.97 Å². The van der Waals surface area contributed by atoms with Crippen molar-refractivity contribution in [3.63, 3.8) is 0 Å². The van der Waals surface area contributed by atoms with Gasteiger partial charge in [-0.1, -0.05) is 12.1 Å². The average Bonchev–Trinajstić information content (AvgIpc) is 2.48. The van der Waals surface area contributed by atoms with Gasteiger partial charge >= 0.3 is 0 Å². The van der Waals surface area contributed by atoms with Crippen molar-refractivity contribution in [2.45, 2.75) is 13.5 Å². The highest BCUT2D eigenvalue weighted by molar-refractivity contribution is 6.02. The lowest BCUT2D eigenvalue weighted by molar-refractivity contribution is 0.102. The fourth-order valence-electron chi connectivity index (χ4n) is 1.63. The Bertz CT molecular complexity index is 584. The molecule has 2 aromatic rings. The third-order valence-electron chi connectivity index (χ3n) is 2.62. The summed E-state index contributed by atoms with van der Waals surface area (Å²) in [4.78, 5) is 20.2. The molecule has 2 rings (SSSR count). The average molecular weight is 272 g/mol. The van der Waals surface area contributed by atoms with Gasteiger partial charge < -0.3 is 15.7 Å². The van der Waals surface area contributed by atoms with E-state index < -0.39 is 0 Å². The normalized spacial score (nSPS) is 10.1. The van der Waals surface area contributed by atoms with Gasteiger partial charge in [-0.25, -0.2) is 4.98 Å². The Balaban J connectivity index is 2.08. The Kier molecular flexibility index (Phi) is 4.62. The number of carbonyl (C=O) groups is 1. The van der Waals surface area contributed by atoms with Gasteiger partial charge in [-0.05, 0) is 24.6 Å². The molecule has 1 heterocycles. The quantitative estimate of drug-likeness (QED) is 0.770. The first-order chi connectivity index (χ1) is 9.72. The molecule has 1 aromatic carbocycles. The lowest BCUT2D eigenvalue weighted by Gasteiger charge is -2.07. The summed E-state index contributed by atoms with van der Waals surface area (Å²) in [5.41, 5.74) is 1.68. The summed E-state index contributed by atoms with van der Waals surface area (Å²) in [6.07, 6.45) is 2.98. The number of benzene rings is 1. The number of hydrogen-bond acceptors (Lipinski definition) is 5. The van der Waals surface area contributed by atoms with Gasteiger partial charge in [0, 0.05) is 12.2 Å². The molecule has 0 bridgehead atoms. The summed E-state index contributed by atoms with van der Waals surface area (Å²) < 4.78 is 0. The molecule has 1 amide bonds. The standard InChI is InChI=1S/C14H16N4O2/c1-2-16-13-8-15-7-12(18-13)14(20)17-11-5-3-10(9-19)4-6-11/h3-8,19H,2,9H2,1H3,(H,16,18)(H,17,20). The van der Waals surface area contributed by atoms with Crippen molar-refractivity contribution in [2.75, 3.05) is 17.2 Å². The summed E-state index contributed by atoms with van der Waals surface area (Å²) in [7, 11) is 0. The summed E-state index contributed by atoms with van der Waals surface area (Å²) in [6.45, 7) is 2.63. The van der Waals surface area contributed by atoms with Crippen LogP contribution in [-0.4, -0.2) is 27.5 Å². The fraction of sp³-hybridized carbons (Fsp3) is 0.214. The van der Waals surface area contributed by atoms with Crippen LogP contribution in [0.2, 0.25) is 0 Å². The van der Waals surface area contributed by atoms with Crippen LogP contribution in [0.5, 0.6) is 0 Å². The number of rotatable bonds is 5. The molecule has 0 fully saturated rings. The van der Waals surface area contributed by atoms with Crippen molar-refractivity contribution in [3.05, 3.63) is 47.9 Å². The maximum Gasteiger partial charge on any atom is 0.275 e. The number of nitrogens with one attached hydrogen (secondary N) is 2. The minimum absolute atomic E-state index is 0.0234. The third-order valence-corrected chi connectivity index (χ3v) is 2.62. The number of amides is 1. The number of carbonyl (C=O) groups excluding carboxylic acids is 1. The zero-order chi connectivity index (χ0) is 14.4. The number of aromatic nitrogens is 2. The van der Waals surface area contributed by atoms with E-state index in [1.807, 2.05) is 6.92 Å². The van der Waals surface area contributed by atoms with Crippen molar-refractivity contribution in [2.24, 2.45) is 0 Å². The minimum Gasteiger partial charge on any atom is -0.392 e. The van der Waals surface area contributed by atoms with E-state index in [1.54, 1.807) is 30.5 Å². The first kappa shape index (κ1) is 14.0. The van der Waals surface area contributed by atoms with Crippen LogP contribution in [0.3, 0.4) is 0 Å². The van der Waals surface area contributed by atoms with Crippen LogP contribution in [0.15, 0.2) is 36.7 Å². The largest absolute Gasteiger partial charge is 0.392 e. The zero-order valence-corrected chi connectivity index (χ0v) is 11.1. The van der Waals surface area contributed by atoms with Crippen molar-refractivity contribution in [1.29, 1.82) is 0 Å². The van der Waals surface area contributed by atoms with Crippen LogP contribution in [-0.2, 0) is 6.61 Å². The Morgan fingerprint density at radius 2 is 2.00 bits per heavy atom. The molecular weight excluding hydrogens is 256 g/mol. The molecule has 0 radical (unpaired) electrons. The Hall–Kier alpha value is -2.47. The van der Waals surface area contributed by atoms with E-state index in [1.165, 1.54) is 6.20 Å². The van der Waals surface area contributed by atoms with Crippen LogP contribution in [0, 0.1) is 0 Å². The molecule has 0 saturated heterocycles. The highest BCUT2D eigenvalue weighted by Crippen LogP contribution is 2.11. The molecule has 0 aliphatic heterocycles. The minimum atomic E-state index is -0.325. The molecule has 104 valence electrons. The molecule has 3 N–H and O–H groups in total. The van der Waals surface area contributed by atoms with Gasteiger partial charge in [0.05, 0.1) is 19.0 Å². The topological polar surface area (TPSA) is 87.1 Å². The molecule has 6 heteroatoms. The van der Waals surface area contributed by atoms with Crippen LogP contribution >= 0.6 is 0 Å². The summed E-state index contributed by atoms with van der Waals surface area (Å²) in [6, 6.07) is 6.95. The van der Waals surface area contributed by atoms with Crippen molar-refractivity contribution in [3.8, 4) is 0 Å². The molecule has 0 atom stereocenters. The number of hydrogen-bond donors (Lipinski definition) is 3. The van der Waals surface area contributed by atoms with Crippen LogP contribution in [0.25, 0.3) is 0 Å². The van der Waals surface area contributed by atoms with Gasteiger partial charge in [0.25, 0.3) is 5.91 Å². The molecule has 1 aromatic heterocycles. The molecule has 6 nitrogen and oxygen atoms in total. The van der Waals surface area contributed by atoms with E-state index in [0.717, 1.165) is 5.56 Å². The van der Waals surface area contributed by atoms with Gasteiger partial charge in [0.1, 0.15) is 11.5 Å². The first-order valence-corrected chi connectivity index (χ1v) is 6.30. The maximum atomic E-state index is 12.0. The van der Waals surface area contributed by atoms with Gasteiger partial charge in [0.2, 0.25) is 0 Å².